The molecule has 0 aliphatic carbocycles. The highest BCUT2D eigenvalue weighted by atomic mass is 16.5. The topological polar surface area (TPSA) is 54.5 Å². The molecule has 1 amide bonds. The fraction of sp³-hybridized carbons (Fsp3) is 0.368. The lowest BCUT2D eigenvalue weighted by molar-refractivity contribution is 0.0985. The summed E-state index contributed by atoms with van der Waals surface area (Å²) in [5, 5.41) is 3.28. The van der Waals surface area contributed by atoms with E-state index in [-0.39, 0.29) is 5.91 Å². The number of para-hydroxylation sites is 1. The smallest absolute Gasteiger partial charge is 0.259 e. The van der Waals surface area contributed by atoms with Crippen LogP contribution in [0.15, 0.2) is 42.7 Å². The molecule has 0 atom stereocenters. The zero-order valence-electron chi connectivity index (χ0n) is 14.0. The molecular weight excluding hydrogens is 302 g/mol. The molecule has 0 spiro atoms. The zero-order valence-corrected chi connectivity index (χ0v) is 14.0. The summed E-state index contributed by atoms with van der Waals surface area (Å²) >= 11 is 0. The third-order valence-corrected chi connectivity index (χ3v) is 4.19. The Bertz CT molecular complexity index is 703. The summed E-state index contributed by atoms with van der Waals surface area (Å²) in [5.74, 6) is 0.00944. The molecule has 5 nitrogen and oxygen atoms in total. The molecule has 126 valence electrons. The number of anilines is 2. The fourth-order valence-corrected chi connectivity index (χ4v) is 3.00. The van der Waals surface area contributed by atoms with Gasteiger partial charge in [-0.2, -0.15) is 0 Å². The lowest BCUT2D eigenvalue weighted by Crippen LogP contribution is -2.35. The Morgan fingerprint density at radius 2 is 2.21 bits per heavy atom. The number of fused-ring (bicyclic) bond motifs is 1. The van der Waals surface area contributed by atoms with E-state index in [4.69, 9.17) is 4.74 Å². The minimum absolute atomic E-state index is 0.00944. The van der Waals surface area contributed by atoms with E-state index in [0.717, 1.165) is 43.7 Å². The van der Waals surface area contributed by atoms with E-state index in [1.54, 1.807) is 19.5 Å². The largest absolute Gasteiger partial charge is 0.385 e. The first-order chi connectivity index (χ1) is 11.8. The van der Waals surface area contributed by atoms with Crippen LogP contribution in [0.1, 0.15) is 28.8 Å². The van der Waals surface area contributed by atoms with Crippen LogP contribution in [-0.2, 0) is 11.2 Å². The summed E-state index contributed by atoms with van der Waals surface area (Å²) in [4.78, 5) is 19.0. The summed E-state index contributed by atoms with van der Waals surface area (Å²) in [6.45, 7) is 2.25. The van der Waals surface area contributed by atoms with Crippen molar-refractivity contribution in [1.29, 1.82) is 0 Å². The molecule has 1 aromatic heterocycles. The highest BCUT2D eigenvalue weighted by molar-refractivity contribution is 6.07. The first kappa shape index (κ1) is 16.5. The van der Waals surface area contributed by atoms with Gasteiger partial charge in [0.25, 0.3) is 5.91 Å². The summed E-state index contributed by atoms with van der Waals surface area (Å²) in [6.07, 6.45) is 6.31. The molecular formula is C19H23N3O2. The molecule has 0 saturated heterocycles. The highest BCUT2D eigenvalue weighted by Crippen LogP contribution is 2.28. The Hall–Kier alpha value is -2.40. The number of nitrogens with zero attached hydrogens (tertiary/aromatic N) is 2. The van der Waals surface area contributed by atoms with E-state index in [2.05, 4.69) is 16.4 Å². The molecule has 3 rings (SSSR count). The van der Waals surface area contributed by atoms with Crippen LogP contribution in [0.2, 0.25) is 0 Å². The molecule has 1 aromatic carbocycles. The third-order valence-electron chi connectivity index (χ3n) is 4.19. The average molecular weight is 325 g/mol. The number of aryl methyl sites for hydroxylation is 1. The van der Waals surface area contributed by atoms with Crippen molar-refractivity contribution in [2.24, 2.45) is 0 Å². The second-order valence-electron chi connectivity index (χ2n) is 5.92. The average Bonchev–Trinajstić information content (AvgIpc) is 2.64. The Morgan fingerprint density at radius 1 is 1.33 bits per heavy atom. The molecule has 24 heavy (non-hydrogen) atoms. The first-order valence-corrected chi connectivity index (χ1v) is 8.37. The van der Waals surface area contributed by atoms with Crippen LogP contribution >= 0.6 is 0 Å². The number of methoxy groups -OCH3 is 1. The number of hydrogen-bond donors (Lipinski definition) is 1. The van der Waals surface area contributed by atoms with E-state index in [0.29, 0.717) is 12.2 Å². The molecule has 0 saturated carbocycles. The number of carbonyl (C=O) groups excluding carboxylic acids is 1. The number of aromatic nitrogens is 1. The van der Waals surface area contributed by atoms with Crippen LogP contribution in [0.5, 0.6) is 0 Å². The summed E-state index contributed by atoms with van der Waals surface area (Å²) < 4.78 is 5.04. The Balaban J connectivity index is 1.74. The molecule has 0 radical (unpaired) electrons. The van der Waals surface area contributed by atoms with Gasteiger partial charge in [-0.1, -0.05) is 18.2 Å². The molecule has 1 N–H and O–H groups in total. The maximum atomic E-state index is 12.9. The lowest BCUT2D eigenvalue weighted by atomic mass is 10.0. The van der Waals surface area contributed by atoms with Crippen molar-refractivity contribution in [3.63, 3.8) is 0 Å². The quantitative estimate of drug-likeness (QED) is 0.829. The van der Waals surface area contributed by atoms with E-state index >= 15 is 0 Å². The van der Waals surface area contributed by atoms with E-state index in [1.165, 1.54) is 5.56 Å². The number of ether oxygens (including phenoxy) is 1. The van der Waals surface area contributed by atoms with Gasteiger partial charge in [0.15, 0.2) is 0 Å². The fourth-order valence-electron chi connectivity index (χ4n) is 3.00. The Morgan fingerprint density at radius 3 is 3.08 bits per heavy atom. The van der Waals surface area contributed by atoms with Crippen molar-refractivity contribution in [1.82, 2.24) is 4.98 Å². The summed E-state index contributed by atoms with van der Waals surface area (Å²) in [7, 11) is 1.69. The number of hydrogen-bond acceptors (Lipinski definition) is 4. The van der Waals surface area contributed by atoms with Crippen LogP contribution in [0.25, 0.3) is 0 Å². The maximum Gasteiger partial charge on any atom is 0.259 e. The minimum atomic E-state index is 0.00944. The normalized spacial score (nSPS) is 13.5. The Kier molecular flexibility index (Phi) is 5.43. The molecule has 0 unspecified atom stereocenters. The number of rotatable bonds is 6. The van der Waals surface area contributed by atoms with Crippen LogP contribution in [-0.4, -0.2) is 37.7 Å². The molecule has 0 fully saturated rings. The van der Waals surface area contributed by atoms with Gasteiger partial charge in [-0.3, -0.25) is 9.78 Å². The first-order valence-electron chi connectivity index (χ1n) is 8.37. The van der Waals surface area contributed by atoms with Crippen LogP contribution in [0.4, 0.5) is 11.4 Å². The second kappa shape index (κ2) is 7.93. The van der Waals surface area contributed by atoms with Gasteiger partial charge in [-0.05, 0) is 37.0 Å². The summed E-state index contributed by atoms with van der Waals surface area (Å²) in [6, 6.07) is 10.0. The number of carbonyl (C=O) groups is 1. The zero-order chi connectivity index (χ0) is 16.8. The molecule has 0 bridgehead atoms. The monoisotopic (exact) mass is 325 g/mol. The molecule has 5 heteroatoms. The Labute approximate surface area is 142 Å². The van der Waals surface area contributed by atoms with Crippen LogP contribution < -0.4 is 10.2 Å². The molecule has 2 aromatic rings. The van der Waals surface area contributed by atoms with Gasteiger partial charge in [0, 0.05) is 44.9 Å². The highest BCUT2D eigenvalue weighted by Gasteiger charge is 2.23. The standard InChI is InChI=1S/C19H23N3O2/c1-24-11-5-9-21-17-12-16(13-20-14-17)19(23)22-10-4-7-15-6-2-3-8-18(15)22/h2-3,6,8,12-14,21H,4-5,7,9-11H2,1H3. The van der Waals surface area contributed by atoms with Crippen molar-refractivity contribution >= 4 is 17.3 Å². The number of pyridine rings is 1. The molecule has 1 aliphatic rings. The van der Waals surface area contributed by atoms with Gasteiger partial charge in [-0.15, -0.1) is 0 Å². The van der Waals surface area contributed by atoms with E-state index < -0.39 is 0 Å². The van der Waals surface area contributed by atoms with Gasteiger partial charge in [-0.25, -0.2) is 0 Å². The maximum absolute atomic E-state index is 12.9. The lowest BCUT2D eigenvalue weighted by Gasteiger charge is -2.29. The third kappa shape index (κ3) is 3.74. The van der Waals surface area contributed by atoms with Crippen molar-refractivity contribution in [3.8, 4) is 0 Å². The predicted octanol–water partition coefficient (Wildman–Crippen LogP) is 3.12. The van der Waals surface area contributed by atoms with Gasteiger partial charge in [0.1, 0.15) is 0 Å². The van der Waals surface area contributed by atoms with Gasteiger partial charge >= 0.3 is 0 Å². The van der Waals surface area contributed by atoms with Gasteiger partial charge in [0.05, 0.1) is 11.3 Å². The van der Waals surface area contributed by atoms with Crippen molar-refractivity contribution in [3.05, 3.63) is 53.9 Å². The minimum Gasteiger partial charge on any atom is -0.385 e. The van der Waals surface area contributed by atoms with Gasteiger partial charge in [0.2, 0.25) is 0 Å². The predicted molar refractivity (Wildman–Crippen MR) is 95.7 cm³/mol. The van der Waals surface area contributed by atoms with Gasteiger partial charge < -0.3 is 15.0 Å². The van der Waals surface area contributed by atoms with E-state index in [1.807, 2.05) is 29.2 Å². The van der Waals surface area contributed by atoms with E-state index in [9.17, 15) is 4.79 Å². The summed E-state index contributed by atoms with van der Waals surface area (Å²) in [5.41, 5.74) is 3.73. The SMILES string of the molecule is COCCCNc1cncc(C(=O)N2CCCc3ccccc32)c1. The van der Waals surface area contributed by atoms with Crippen molar-refractivity contribution < 1.29 is 9.53 Å². The number of benzene rings is 1. The van der Waals surface area contributed by atoms with Crippen molar-refractivity contribution in [2.45, 2.75) is 19.3 Å². The number of nitrogens with one attached hydrogen (secondary N) is 1. The van der Waals surface area contributed by atoms with Crippen LogP contribution in [0, 0.1) is 0 Å². The second-order valence-corrected chi connectivity index (χ2v) is 5.92. The molecule has 2 heterocycles. The van der Waals surface area contributed by atoms with Crippen LogP contribution in [0.3, 0.4) is 0 Å². The number of amides is 1. The van der Waals surface area contributed by atoms with Crippen molar-refractivity contribution in [2.75, 3.05) is 37.0 Å². The molecule has 1 aliphatic heterocycles.